The monoisotopic (exact) mass is 324 g/mol. The van der Waals surface area contributed by atoms with Gasteiger partial charge in [-0.25, -0.2) is 8.42 Å². The smallest absolute Gasteiger partial charge is 0.263 e. The van der Waals surface area contributed by atoms with Crippen LogP contribution in [0.5, 0.6) is 0 Å². The van der Waals surface area contributed by atoms with E-state index in [4.69, 9.17) is 17.3 Å². The van der Waals surface area contributed by atoms with E-state index in [-0.39, 0.29) is 10.6 Å². The lowest BCUT2D eigenvalue weighted by Crippen LogP contribution is -2.14. The highest BCUT2D eigenvalue weighted by molar-refractivity contribution is 7.92. The second-order valence-corrected chi connectivity index (χ2v) is 6.82. The van der Waals surface area contributed by atoms with Gasteiger partial charge in [0.2, 0.25) is 0 Å². The van der Waals surface area contributed by atoms with Crippen molar-refractivity contribution in [3.8, 4) is 0 Å². The Hall–Kier alpha value is -1.72. The SMILES string of the molecule is CCCc1ccc(NS(=O)(=O)c2ccc(Cl)cc2N)cc1. The van der Waals surface area contributed by atoms with Crippen LogP contribution in [0.4, 0.5) is 11.4 Å². The lowest BCUT2D eigenvalue weighted by Gasteiger charge is -2.11. The second-order valence-electron chi connectivity index (χ2n) is 4.73. The molecule has 4 nitrogen and oxygen atoms in total. The molecule has 0 heterocycles. The first kappa shape index (κ1) is 15.7. The second kappa shape index (κ2) is 6.37. The zero-order valence-electron chi connectivity index (χ0n) is 11.6. The summed E-state index contributed by atoms with van der Waals surface area (Å²) in [5, 5.41) is 0.398. The maximum atomic E-state index is 12.3. The summed E-state index contributed by atoms with van der Waals surface area (Å²) >= 11 is 5.78. The number of nitrogens with one attached hydrogen (secondary N) is 1. The average Bonchev–Trinajstić information content (AvgIpc) is 2.40. The highest BCUT2D eigenvalue weighted by Gasteiger charge is 2.17. The third kappa shape index (κ3) is 3.89. The molecular weight excluding hydrogens is 308 g/mol. The van der Waals surface area contributed by atoms with Crippen molar-refractivity contribution in [1.29, 1.82) is 0 Å². The van der Waals surface area contributed by atoms with Gasteiger partial charge in [0.25, 0.3) is 10.0 Å². The number of halogens is 1. The molecule has 0 radical (unpaired) electrons. The van der Waals surface area contributed by atoms with Crippen molar-refractivity contribution in [1.82, 2.24) is 0 Å². The van der Waals surface area contributed by atoms with Gasteiger partial charge in [0, 0.05) is 10.7 Å². The number of sulfonamides is 1. The molecule has 3 N–H and O–H groups in total. The van der Waals surface area contributed by atoms with Crippen LogP contribution in [-0.2, 0) is 16.4 Å². The predicted octanol–water partition coefficient (Wildman–Crippen LogP) is 3.68. The maximum Gasteiger partial charge on any atom is 0.263 e. The van der Waals surface area contributed by atoms with E-state index < -0.39 is 10.0 Å². The van der Waals surface area contributed by atoms with Gasteiger partial charge in [0.05, 0.1) is 5.69 Å². The summed E-state index contributed by atoms with van der Waals surface area (Å²) in [7, 11) is -3.72. The zero-order valence-corrected chi connectivity index (χ0v) is 13.2. The predicted molar refractivity (Wildman–Crippen MR) is 87.1 cm³/mol. The molecule has 2 aromatic rings. The van der Waals surface area contributed by atoms with Crippen molar-refractivity contribution in [2.24, 2.45) is 0 Å². The Kier molecular flexibility index (Phi) is 4.75. The van der Waals surface area contributed by atoms with Gasteiger partial charge in [0.15, 0.2) is 0 Å². The van der Waals surface area contributed by atoms with Crippen LogP contribution in [-0.4, -0.2) is 8.42 Å². The van der Waals surface area contributed by atoms with Gasteiger partial charge in [-0.05, 0) is 42.3 Å². The molecule has 2 rings (SSSR count). The molecule has 0 fully saturated rings. The lowest BCUT2D eigenvalue weighted by atomic mass is 10.1. The van der Waals surface area contributed by atoms with Crippen LogP contribution in [0.25, 0.3) is 0 Å². The molecule has 0 spiro atoms. The molecular formula is C15H17ClN2O2S. The number of nitrogen functional groups attached to an aromatic ring is 1. The van der Waals surface area contributed by atoms with Gasteiger partial charge in [0.1, 0.15) is 4.90 Å². The van der Waals surface area contributed by atoms with Crippen LogP contribution < -0.4 is 10.5 Å². The molecule has 0 aliphatic heterocycles. The van der Waals surface area contributed by atoms with Gasteiger partial charge in [-0.15, -0.1) is 0 Å². The minimum atomic E-state index is -3.72. The fourth-order valence-electron chi connectivity index (χ4n) is 2.00. The summed E-state index contributed by atoms with van der Waals surface area (Å²) in [6, 6.07) is 11.6. The number of hydrogen-bond donors (Lipinski definition) is 2. The molecule has 0 aromatic heterocycles. The molecule has 0 bridgehead atoms. The van der Waals surface area contributed by atoms with Crippen LogP contribution in [0.1, 0.15) is 18.9 Å². The first-order valence-electron chi connectivity index (χ1n) is 6.59. The topological polar surface area (TPSA) is 72.2 Å². The van der Waals surface area contributed by atoms with Crippen molar-refractivity contribution in [3.05, 3.63) is 53.1 Å². The molecule has 0 saturated carbocycles. The van der Waals surface area contributed by atoms with Crippen LogP contribution in [0, 0.1) is 0 Å². The normalized spacial score (nSPS) is 11.3. The Morgan fingerprint density at radius 3 is 2.38 bits per heavy atom. The molecule has 112 valence electrons. The summed E-state index contributed by atoms with van der Waals surface area (Å²) in [5.41, 5.74) is 7.52. The Morgan fingerprint density at radius 1 is 1.14 bits per heavy atom. The van der Waals surface area contributed by atoms with E-state index in [2.05, 4.69) is 11.6 Å². The molecule has 0 aliphatic rings. The Morgan fingerprint density at radius 2 is 1.81 bits per heavy atom. The number of aryl methyl sites for hydroxylation is 1. The van der Waals surface area contributed by atoms with E-state index in [0.717, 1.165) is 12.8 Å². The molecule has 0 aliphatic carbocycles. The molecule has 2 aromatic carbocycles. The first-order chi connectivity index (χ1) is 9.92. The fourth-order valence-corrected chi connectivity index (χ4v) is 3.36. The summed E-state index contributed by atoms with van der Waals surface area (Å²) in [6.45, 7) is 2.10. The Balaban J connectivity index is 2.24. The molecule has 0 atom stereocenters. The van der Waals surface area contributed by atoms with E-state index >= 15 is 0 Å². The Bertz CT molecular complexity index is 728. The number of hydrogen-bond acceptors (Lipinski definition) is 3. The standard InChI is InChI=1S/C15H17ClN2O2S/c1-2-3-11-4-7-13(8-5-11)18-21(19,20)15-9-6-12(16)10-14(15)17/h4-10,18H,2-3,17H2,1H3. The number of rotatable bonds is 5. The number of anilines is 2. The fraction of sp³-hybridized carbons (Fsp3) is 0.200. The molecule has 21 heavy (non-hydrogen) atoms. The van der Waals surface area contributed by atoms with E-state index in [1.54, 1.807) is 12.1 Å². The van der Waals surface area contributed by atoms with Gasteiger partial charge < -0.3 is 5.73 Å². The summed E-state index contributed by atoms with van der Waals surface area (Å²) in [5.74, 6) is 0. The van der Waals surface area contributed by atoms with Gasteiger partial charge in [-0.1, -0.05) is 37.1 Å². The molecule has 0 unspecified atom stereocenters. The Labute approximate surface area is 130 Å². The molecule has 0 amide bonds. The van der Waals surface area contributed by atoms with Crippen molar-refractivity contribution < 1.29 is 8.42 Å². The van der Waals surface area contributed by atoms with E-state index in [1.807, 2.05) is 12.1 Å². The maximum absolute atomic E-state index is 12.3. The quantitative estimate of drug-likeness (QED) is 0.824. The van der Waals surface area contributed by atoms with Crippen LogP contribution in [0.15, 0.2) is 47.4 Å². The molecule has 6 heteroatoms. The summed E-state index contributed by atoms with van der Waals surface area (Å²) < 4.78 is 27.1. The zero-order chi connectivity index (χ0) is 15.5. The van der Waals surface area contributed by atoms with Crippen LogP contribution in [0.2, 0.25) is 5.02 Å². The lowest BCUT2D eigenvalue weighted by molar-refractivity contribution is 0.601. The van der Waals surface area contributed by atoms with E-state index in [1.165, 1.54) is 23.8 Å². The minimum Gasteiger partial charge on any atom is -0.398 e. The third-order valence-electron chi connectivity index (χ3n) is 3.01. The van der Waals surface area contributed by atoms with Crippen LogP contribution >= 0.6 is 11.6 Å². The third-order valence-corrected chi connectivity index (χ3v) is 4.70. The average molecular weight is 325 g/mol. The van der Waals surface area contributed by atoms with Gasteiger partial charge in [-0.3, -0.25) is 4.72 Å². The van der Waals surface area contributed by atoms with Crippen LogP contribution in [0.3, 0.4) is 0 Å². The summed E-state index contributed by atoms with van der Waals surface area (Å²) in [6.07, 6.45) is 2.02. The largest absolute Gasteiger partial charge is 0.398 e. The van der Waals surface area contributed by atoms with Crippen molar-refractivity contribution >= 4 is 33.0 Å². The molecule has 0 saturated heterocycles. The van der Waals surface area contributed by atoms with Gasteiger partial charge in [-0.2, -0.15) is 0 Å². The van der Waals surface area contributed by atoms with E-state index in [9.17, 15) is 8.42 Å². The number of nitrogens with two attached hydrogens (primary N) is 1. The van der Waals surface area contributed by atoms with Crippen molar-refractivity contribution in [2.75, 3.05) is 10.5 Å². The highest BCUT2D eigenvalue weighted by atomic mass is 35.5. The van der Waals surface area contributed by atoms with E-state index in [0.29, 0.717) is 10.7 Å². The first-order valence-corrected chi connectivity index (χ1v) is 8.45. The van der Waals surface area contributed by atoms with Gasteiger partial charge >= 0.3 is 0 Å². The minimum absolute atomic E-state index is 0.0181. The van der Waals surface area contributed by atoms with Crippen molar-refractivity contribution in [3.63, 3.8) is 0 Å². The summed E-state index contributed by atoms with van der Waals surface area (Å²) in [4.78, 5) is 0.0181. The number of benzene rings is 2. The van der Waals surface area contributed by atoms with Crippen molar-refractivity contribution in [2.45, 2.75) is 24.7 Å². The highest BCUT2D eigenvalue weighted by Crippen LogP contribution is 2.24.